The van der Waals surface area contributed by atoms with Crippen molar-refractivity contribution in [2.75, 3.05) is 26.2 Å². The summed E-state index contributed by atoms with van der Waals surface area (Å²) in [6.07, 6.45) is 5.88. The fourth-order valence-electron chi connectivity index (χ4n) is 5.32. The molecule has 0 spiro atoms. The number of fused-ring (bicyclic) bond motifs is 2. The molecule has 3 fully saturated rings. The van der Waals surface area contributed by atoms with Crippen molar-refractivity contribution >= 4 is 5.69 Å². The Morgan fingerprint density at radius 2 is 1.87 bits per heavy atom. The van der Waals surface area contributed by atoms with Crippen LogP contribution >= 0.6 is 0 Å². The molecule has 0 radical (unpaired) electrons. The van der Waals surface area contributed by atoms with Gasteiger partial charge in [0.05, 0.1) is 16.5 Å². The van der Waals surface area contributed by atoms with Gasteiger partial charge in [-0.3, -0.25) is 10.1 Å². The van der Waals surface area contributed by atoms with E-state index in [0.29, 0.717) is 0 Å². The van der Waals surface area contributed by atoms with Gasteiger partial charge in [-0.15, -0.1) is 0 Å². The quantitative estimate of drug-likeness (QED) is 0.610. The number of quaternary nitrogens is 2. The maximum Gasteiger partial charge on any atom is 0.278 e. The lowest BCUT2D eigenvalue weighted by Gasteiger charge is -2.36. The van der Waals surface area contributed by atoms with Crippen LogP contribution in [0.2, 0.25) is 0 Å². The van der Waals surface area contributed by atoms with E-state index in [9.17, 15) is 10.1 Å². The Bertz CT molecular complexity index is 583. The van der Waals surface area contributed by atoms with Gasteiger partial charge in [0.2, 0.25) is 0 Å². The first-order valence-electron chi connectivity index (χ1n) is 9.11. The van der Waals surface area contributed by atoms with Crippen LogP contribution in [-0.2, 0) is 6.54 Å². The van der Waals surface area contributed by atoms with Crippen LogP contribution in [0.3, 0.4) is 0 Å². The van der Waals surface area contributed by atoms with Gasteiger partial charge in [0, 0.05) is 18.4 Å². The lowest BCUT2D eigenvalue weighted by molar-refractivity contribution is -1.03. The van der Waals surface area contributed by atoms with Gasteiger partial charge in [-0.05, 0) is 31.2 Å². The molecule has 5 heteroatoms. The molecule has 0 unspecified atom stereocenters. The van der Waals surface area contributed by atoms with Gasteiger partial charge in [0.15, 0.2) is 0 Å². The van der Waals surface area contributed by atoms with Gasteiger partial charge in [0.25, 0.3) is 5.69 Å². The molecule has 1 aliphatic heterocycles. The van der Waals surface area contributed by atoms with Crippen molar-refractivity contribution in [1.82, 2.24) is 0 Å². The maximum absolute atomic E-state index is 11.2. The molecule has 2 aliphatic carbocycles. The topological polar surface area (TPSA) is 52.0 Å². The Kier molecular flexibility index (Phi) is 4.07. The number of nitrogens with zero attached hydrogens (tertiary/aromatic N) is 1. The van der Waals surface area contributed by atoms with E-state index in [0.717, 1.165) is 43.1 Å². The number of benzene rings is 1. The second-order valence-electron chi connectivity index (χ2n) is 7.75. The van der Waals surface area contributed by atoms with E-state index in [1.54, 1.807) is 12.1 Å². The van der Waals surface area contributed by atoms with E-state index < -0.39 is 0 Å². The Morgan fingerprint density at radius 1 is 1.09 bits per heavy atom. The van der Waals surface area contributed by atoms with E-state index in [2.05, 4.69) is 0 Å². The first kappa shape index (κ1) is 15.1. The van der Waals surface area contributed by atoms with Crippen LogP contribution in [0.5, 0.6) is 0 Å². The fraction of sp³-hybridized carbons (Fsp3) is 0.667. The first-order chi connectivity index (χ1) is 11.2. The number of nitro benzene ring substituents is 1. The van der Waals surface area contributed by atoms with Crippen LogP contribution in [0.15, 0.2) is 24.3 Å². The second-order valence-corrected chi connectivity index (χ2v) is 7.75. The Balaban J connectivity index is 1.34. The van der Waals surface area contributed by atoms with Crippen molar-refractivity contribution in [3.63, 3.8) is 0 Å². The minimum Gasteiger partial charge on any atom is -0.323 e. The molecule has 1 heterocycles. The molecule has 2 saturated carbocycles. The number of piperazine rings is 1. The van der Waals surface area contributed by atoms with E-state index in [4.69, 9.17) is 0 Å². The zero-order valence-corrected chi connectivity index (χ0v) is 13.7. The highest BCUT2D eigenvalue weighted by Crippen LogP contribution is 2.43. The minimum atomic E-state index is -0.245. The average Bonchev–Trinajstić information content (AvgIpc) is 3.19. The SMILES string of the molecule is O=[N+]([O-])c1ccccc1C[NH+]1CC[NH+]([C@@H]2C[C@H]3CC[C@@H]2C3)CC1. The molecule has 1 aromatic carbocycles. The van der Waals surface area contributed by atoms with Crippen LogP contribution in [0.25, 0.3) is 0 Å². The summed E-state index contributed by atoms with van der Waals surface area (Å²) in [5.41, 5.74) is 1.17. The standard InChI is InChI=1S/C18H25N3O2/c22-21(23)17-4-2-1-3-16(17)13-19-7-9-20(10-8-19)18-12-14-5-6-15(18)11-14/h1-4,14-15,18H,5-13H2/p+2/t14-,15+,18+/m0/s1. The van der Waals surface area contributed by atoms with Crippen molar-refractivity contribution in [3.05, 3.63) is 39.9 Å². The Morgan fingerprint density at radius 3 is 2.52 bits per heavy atom. The smallest absolute Gasteiger partial charge is 0.278 e. The third-order valence-corrected chi connectivity index (χ3v) is 6.49. The van der Waals surface area contributed by atoms with Crippen molar-refractivity contribution in [1.29, 1.82) is 0 Å². The summed E-state index contributed by atoms with van der Waals surface area (Å²) >= 11 is 0. The lowest BCUT2D eigenvalue weighted by atomic mass is 9.93. The molecule has 0 amide bonds. The van der Waals surface area contributed by atoms with E-state index >= 15 is 0 Å². The molecule has 124 valence electrons. The van der Waals surface area contributed by atoms with Crippen LogP contribution in [0, 0.1) is 22.0 Å². The van der Waals surface area contributed by atoms with E-state index in [1.807, 2.05) is 17.0 Å². The lowest BCUT2D eigenvalue weighted by Crippen LogP contribution is -3.29. The molecule has 3 aliphatic rings. The van der Waals surface area contributed by atoms with Gasteiger partial charge in [-0.2, -0.15) is 0 Å². The second kappa shape index (κ2) is 6.21. The zero-order valence-electron chi connectivity index (χ0n) is 13.7. The van der Waals surface area contributed by atoms with Gasteiger partial charge in [0.1, 0.15) is 32.7 Å². The van der Waals surface area contributed by atoms with Crippen molar-refractivity contribution in [3.8, 4) is 0 Å². The third kappa shape index (κ3) is 3.00. The van der Waals surface area contributed by atoms with E-state index in [-0.39, 0.29) is 10.6 Å². The van der Waals surface area contributed by atoms with Crippen LogP contribution in [0.1, 0.15) is 31.2 Å². The molecule has 2 bridgehead atoms. The minimum absolute atomic E-state index is 0.245. The fourth-order valence-corrected chi connectivity index (χ4v) is 5.32. The first-order valence-corrected chi connectivity index (χ1v) is 9.11. The normalized spacial score (nSPS) is 36.3. The monoisotopic (exact) mass is 317 g/mol. The molecule has 4 rings (SSSR count). The average molecular weight is 317 g/mol. The molecule has 0 aromatic heterocycles. The Hall–Kier alpha value is -1.46. The van der Waals surface area contributed by atoms with Gasteiger partial charge < -0.3 is 9.80 Å². The van der Waals surface area contributed by atoms with Crippen LogP contribution in [0.4, 0.5) is 5.69 Å². The summed E-state index contributed by atoms with van der Waals surface area (Å²) in [4.78, 5) is 14.2. The van der Waals surface area contributed by atoms with Crippen LogP contribution < -0.4 is 9.80 Å². The predicted octanol–water partition coefficient (Wildman–Crippen LogP) is 0.0668. The third-order valence-electron chi connectivity index (χ3n) is 6.49. The number of hydrogen-bond acceptors (Lipinski definition) is 2. The highest BCUT2D eigenvalue weighted by molar-refractivity contribution is 5.39. The van der Waals surface area contributed by atoms with E-state index in [1.165, 1.54) is 43.7 Å². The summed E-state index contributed by atoms with van der Waals surface area (Å²) in [5, 5.41) is 11.2. The number of hydrogen-bond donors (Lipinski definition) is 2. The molecular formula is C18H27N3O2+2. The molecule has 23 heavy (non-hydrogen) atoms. The summed E-state index contributed by atoms with van der Waals surface area (Å²) < 4.78 is 0. The predicted molar refractivity (Wildman–Crippen MR) is 87.4 cm³/mol. The van der Waals surface area contributed by atoms with Crippen molar-refractivity contribution in [2.45, 2.75) is 38.3 Å². The molecule has 1 aromatic rings. The molecule has 5 nitrogen and oxygen atoms in total. The zero-order chi connectivity index (χ0) is 15.8. The summed E-state index contributed by atoms with van der Waals surface area (Å²) in [7, 11) is 0. The van der Waals surface area contributed by atoms with Gasteiger partial charge in [-0.25, -0.2) is 0 Å². The van der Waals surface area contributed by atoms with Crippen molar-refractivity contribution in [2.24, 2.45) is 11.8 Å². The molecule has 1 saturated heterocycles. The number of rotatable bonds is 4. The van der Waals surface area contributed by atoms with Gasteiger partial charge in [-0.1, -0.05) is 12.1 Å². The summed E-state index contributed by atoms with van der Waals surface area (Å²) in [6.45, 7) is 5.57. The molecule has 3 atom stereocenters. The van der Waals surface area contributed by atoms with Crippen LogP contribution in [-0.4, -0.2) is 37.1 Å². The highest BCUT2D eigenvalue weighted by Gasteiger charge is 2.46. The molecular weight excluding hydrogens is 290 g/mol. The number of nitro groups is 1. The van der Waals surface area contributed by atoms with Gasteiger partial charge >= 0.3 is 0 Å². The largest absolute Gasteiger partial charge is 0.323 e. The summed E-state index contributed by atoms with van der Waals surface area (Å²) in [5.74, 6) is 2.02. The number of para-hydroxylation sites is 1. The number of nitrogens with one attached hydrogen (secondary N) is 2. The maximum atomic E-state index is 11.2. The summed E-state index contributed by atoms with van der Waals surface area (Å²) in [6, 6.07) is 8.14. The molecule has 2 N–H and O–H groups in total. The highest BCUT2D eigenvalue weighted by atomic mass is 16.6. The Labute approximate surface area is 137 Å². The van der Waals surface area contributed by atoms with Crippen molar-refractivity contribution < 1.29 is 14.7 Å².